The van der Waals surface area contributed by atoms with Crippen molar-refractivity contribution in [3.63, 3.8) is 0 Å². The van der Waals surface area contributed by atoms with E-state index in [1.54, 1.807) is 42.6 Å². The van der Waals surface area contributed by atoms with Gasteiger partial charge in [0.05, 0.1) is 5.92 Å². The first kappa shape index (κ1) is 13.8. The Bertz CT molecular complexity index is 584. The van der Waals surface area contributed by atoms with Crippen LogP contribution in [-0.4, -0.2) is 16.1 Å². The predicted octanol–water partition coefficient (Wildman–Crippen LogP) is 3.80. The second-order valence-electron chi connectivity index (χ2n) is 4.13. The molecule has 1 N–H and O–H groups in total. The Morgan fingerprint density at radius 1 is 1.21 bits per heavy atom. The largest absolute Gasteiger partial charge is 0.481 e. The summed E-state index contributed by atoms with van der Waals surface area (Å²) in [6, 6.07) is 10.3. The number of aliphatic carboxylic acids is 1. The van der Waals surface area contributed by atoms with Crippen LogP contribution in [0.15, 0.2) is 42.6 Å². The highest BCUT2D eigenvalue weighted by molar-refractivity contribution is 6.30. The molecular formula is C14H11Cl2NO2. The third-order valence-electron chi connectivity index (χ3n) is 2.80. The van der Waals surface area contributed by atoms with E-state index >= 15 is 0 Å². The van der Waals surface area contributed by atoms with Gasteiger partial charge in [-0.2, -0.15) is 0 Å². The van der Waals surface area contributed by atoms with Crippen LogP contribution >= 0.6 is 23.2 Å². The molecule has 0 radical (unpaired) electrons. The van der Waals surface area contributed by atoms with E-state index in [2.05, 4.69) is 4.98 Å². The number of carboxylic acid groups (broad SMARTS) is 1. The highest BCUT2D eigenvalue weighted by atomic mass is 35.5. The fourth-order valence-corrected chi connectivity index (χ4v) is 2.17. The van der Waals surface area contributed by atoms with Crippen molar-refractivity contribution in [2.75, 3.05) is 0 Å². The van der Waals surface area contributed by atoms with E-state index < -0.39 is 11.9 Å². The number of nitrogens with zero attached hydrogens (tertiary/aromatic N) is 1. The molecule has 5 heteroatoms. The molecule has 0 aliphatic carbocycles. The van der Waals surface area contributed by atoms with Crippen molar-refractivity contribution in [1.29, 1.82) is 0 Å². The Morgan fingerprint density at radius 3 is 2.47 bits per heavy atom. The van der Waals surface area contributed by atoms with Crippen LogP contribution in [0.5, 0.6) is 0 Å². The Labute approximate surface area is 120 Å². The van der Waals surface area contributed by atoms with Gasteiger partial charge in [-0.05, 0) is 41.8 Å². The van der Waals surface area contributed by atoms with Crippen LogP contribution in [0.2, 0.25) is 10.2 Å². The van der Waals surface area contributed by atoms with E-state index in [9.17, 15) is 9.90 Å². The number of carbonyl (C=O) groups is 1. The normalized spacial score (nSPS) is 12.1. The molecule has 0 bridgehead atoms. The zero-order valence-electron chi connectivity index (χ0n) is 9.88. The summed E-state index contributed by atoms with van der Waals surface area (Å²) in [6.45, 7) is 0. The maximum Gasteiger partial charge on any atom is 0.311 e. The molecule has 2 aromatic rings. The lowest BCUT2D eigenvalue weighted by atomic mass is 9.92. The monoisotopic (exact) mass is 295 g/mol. The standard InChI is InChI=1S/C14H11Cl2NO2/c15-11-3-1-10(2-4-11)12(14(18)19)7-9-5-6-17-13(16)8-9/h1-6,8,12H,7H2,(H,18,19). The maximum atomic E-state index is 11.4. The van der Waals surface area contributed by atoms with Crippen LogP contribution < -0.4 is 0 Å². The molecule has 0 aliphatic rings. The first-order valence-corrected chi connectivity index (χ1v) is 6.40. The molecule has 0 fully saturated rings. The third kappa shape index (κ3) is 3.69. The molecule has 0 spiro atoms. The smallest absolute Gasteiger partial charge is 0.311 e. The van der Waals surface area contributed by atoms with Gasteiger partial charge >= 0.3 is 5.97 Å². The molecule has 0 saturated carbocycles. The predicted molar refractivity (Wildman–Crippen MR) is 74.8 cm³/mol. The van der Waals surface area contributed by atoms with Gasteiger partial charge in [-0.25, -0.2) is 4.98 Å². The molecule has 19 heavy (non-hydrogen) atoms. The molecular weight excluding hydrogens is 285 g/mol. The summed E-state index contributed by atoms with van der Waals surface area (Å²) >= 11 is 11.6. The summed E-state index contributed by atoms with van der Waals surface area (Å²) in [5, 5.41) is 10.3. The summed E-state index contributed by atoms with van der Waals surface area (Å²) in [6.07, 6.45) is 1.93. The lowest BCUT2D eigenvalue weighted by Gasteiger charge is -2.13. The highest BCUT2D eigenvalue weighted by Crippen LogP contribution is 2.23. The zero-order chi connectivity index (χ0) is 13.8. The minimum absolute atomic E-state index is 0.359. The Hall–Kier alpha value is -1.58. The number of pyridine rings is 1. The second kappa shape index (κ2) is 6.04. The molecule has 1 aromatic heterocycles. The SMILES string of the molecule is O=C(O)C(Cc1ccnc(Cl)c1)c1ccc(Cl)cc1. The lowest BCUT2D eigenvalue weighted by molar-refractivity contribution is -0.138. The number of hydrogen-bond donors (Lipinski definition) is 1. The van der Waals surface area contributed by atoms with E-state index in [0.717, 1.165) is 5.56 Å². The summed E-state index contributed by atoms with van der Waals surface area (Å²) < 4.78 is 0. The van der Waals surface area contributed by atoms with Gasteiger partial charge in [-0.15, -0.1) is 0 Å². The van der Waals surface area contributed by atoms with Gasteiger partial charge < -0.3 is 5.11 Å². The van der Waals surface area contributed by atoms with E-state index in [-0.39, 0.29) is 0 Å². The number of rotatable bonds is 4. The van der Waals surface area contributed by atoms with Crippen LogP contribution in [0.4, 0.5) is 0 Å². The van der Waals surface area contributed by atoms with Crippen LogP contribution in [-0.2, 0) is 11.2 Å². The summed E-state index contributed by atoms with van der Waals surface area (Å²) in [5.41, 5.74) is 1.55. The second-order valence-corrected chi connectivity index (χ2v) is 4.96. The number of benzene rings is 1. The molecule has 1 aromatic carbocycles. The van der Waals surface area contributed by atoms with Gasteiger partial charge in [0.2, 0.25) is 0 Å². The van der Waals surface area contributed by atoms with Gasteiger partial charge in [-0.1, -0.05) is 35.3 Å². The molecule has 0 saturated heterocycles. The van der Waals surface area contributed by atoms with Crippen molar-refractivity contribution < 1.29 is 9.90 Å². The average Bonchev–Trinajstić information content (AvgIpc) is 2.37. The summed E-state index contributed by atoms with van der Waals surface area (Å²) in [7, 11) is 0. The first-order chi connectivity index (χ1) is 9.06. The molecule has 0 amide bonds. The van der Waals surface area contributed by atoms with Crippen molar-refractivity contribution in [2.24, 2.45) is 0 Å². The Balaban J connectivity index is 2.26. The fourth-order valence-electron chi connectivity index (χ4n) is 1.85. The van der Waals surface area contributed by atoms with Crippen molar-refractivity contribution in [2.45, 2.75) is 12.3 Å². The molecule has 1 heterocycles. The van der Waals surface area contributed by atoms with E-state index in [4.69, 9.17) is 23.2 Å². The average molecular weight is 296 g/mol. The van der Waals surface area contributed by atoms with Crippen LogP contribution in [0.25, 0.3) is 0 Å². The zero-order valence-corrected chi connectivity index (χ0v) is 11.4. The number of halogens is 2. The molecule has 98 valence electrons. The molecule has 3 nitrogen and oxygen atoms in total. The van der Waals surface area contributed by atoms with Crippen molar-refractivity contribution in [3.05, 3.63) is 63.9 Å². The minimum atomic E-state index is -0.879. The van der Waals surface area contributed by atoms with Crippen LogP contribution in [0.3, 0.4) is 0 Å². The number of aromatic nitrogens is 1. The summed E-state index contributed by atoms with van der Waals surface area (Å²) in [4.78, 5) is 15.3. The Morgan fingerprint density at radius 2 is 1.89 bits per heavy atom. The fraction of sp³-hybridized carbons (Fsp3) is 0.143. The molecule has 1 unspecified atom stereocenters. The first-order valence-electron chi connectivity index (χ1n) is 5.65. The van der Waals surface area contributed by atoms with Gasteiger partial charge in [-0.3, -0.25) is 4.79 Å². The van der Waals surface area contributed by atoms with Crippen molar-refractivity contribution >= 4 is 29.2 Å². The van der Waals surface area contributed by atoms with Gasteiger partial charge in [0, 0.05) is 11.2 Å². The Kier molecular flexibility index (Phi) is 4.40. The minimum Gasteiger partial charge on any atom is -0.481 e. The van der Waals surface area contributed by atoms with E-state index in [1.165, 1.54) is 0 Å². The van der Waals surface area contributed by atoms with E-state index in [1.807, 2.05) is 0 Å². The van der Waals surface area contributed by atoms with Gasteiger partial charge in [0.25, 0.3) is 0 Å². The van der Waals surface area contributed by atoms with Crippen molar-refractivity contribution in [3.8, 4) is 0 Å². The number of hydrogen-bond acceptors (Lipinski definition) is 2. The topological polar surface area (TPSA) is 50.2 Å². The van der Waals surface area contributed by atoms with E-state index in [0.29, 0.717) is 22.2 Å². The lowest BCUT2D eigenvalue weighted by Crippen LogP contribution is -2.14. The molecule has 1 atom stereocenters. The quantitative estimate of drug-likeness (QED) is 0.873. The molecule has 2 rings (SSSR count). The van der Waals surface area contributed by atoms with Gasteiger partial charge in [0.1, 0.15) is 5.15 Å². The van der Waals surface area contributed by atoms with Crippen molar-refractivity contribution in [1.82, 2.24) is 4.98 Å². The van der Waals surface area contributed by atoms with Crippen LogP contribution in [0, 0.1) is 0 Å². The number of carboxylic acids is 1. The molecule has 0 aliphatic heterocycles. The van der Waals surface area contributed by atoms with Gasteiger partial charge in [0.15, 0.2) is 0 Å². The third-order valence-corrected chi connectivity index (χ3v) is 3.26. The highest BCUT2D eigenvalue weighted by Gasteiger charge is 2.20. The summed E-state index contributed by atoms with van der Waals surface area (Å²) in [5.74, 6) is -1.51. The maximum absolute atomic E-state index is 11.4. The van der Waals surface area contributed by atoms with Crippen LogP contribution in [0.1, 0.15) is 17.0 Å².